The number of ether oxygens (including phenoxy) is 1. The maximum Gasteiger partial charge on any atom is 0.119 e. The van der Waals surface area contributed by atoms with Crippen molar-refractivity contribution in [3.05, 3.63) is 29.8 Å². The lowest BCUT2D eigenvalue weighted by molar-refractivity contribution is -0.150. The molecule has 2 heteroatoms. The van der Waals surface area contributed by atoms with E-state index in [2.05, 4.69) is 39.8 Å². The highest BCUT2D eigenvalue weighted by Crippen LogP contribution is 2.71. The zero-order valence-corrected chi connectivity index (χ0v) is 13.8. The molecule has 3 atom stereocenters. The van der Waals surface area contributed by atoms with Crippen molar-refractivity contribution in [2.24, 2.45) is 16.7 Å². The molecule has 2 nitrogen and oxygen atoms in total. The van der Waals surface area contributed by atoms with Crippen LogP contribution >= 0.6 is 0 Å². The van der Waals surface area contributed by atoms with Crippen LogP contribution < -0.4 is 4.74 Å². The third-order valence-corrected chi connectivity index (χ3v) is 6.31. The van der Waals surface area contributed by atoms with Crippen LogP contribution in [0.5, 0.6) is 5.75 Å². The fraction of sp³-hybridized carbons (Fsp3) is 0.684. The predicted molar refractivity (Wildman–Crippen MR) is 85.4 cm³/mol. The van der Waals surface area contributed by atoms with Crippen molar-refractivity contribution in [1.29, 1.82) is 0 Å². The molecule has 2 aliphatic rings. The number of hydrogen-bond acceptors (Lipinski definition) is 2. The summed E-state index contributed by atoms with van der Waals surface area (Å²) >= 11 is 0. The molecule has 0 saturated heterocycles. The van der Waals surface area contributed by atoms with Gasteiger partial charge in [0.2, 0.25) is 0 Å². The Morgan fingerprint density at radius 3 is 2.38 bits per heavy atom. The maximum atomic E-state index is 11.7. The molecule has 3 rings (SSSR count). The normalized spacial score (nSPS) is 36.9. The van der Waals surface area contributed by atoms with E-state index < -0.39 is 5.60 Å². The molecule has 1 aromatic rings. The maximum absolute atomic E-state index is 11.7. The van der Waals surface area contributed by atoms with Gasteiger partial charge in [-0.3, -0.25) is 0 Å². The summed E-state index contributed by atoms with van der Waals surface area (Å²) in [4.78, 5) is 0. The third kappa shape index (κ3) is 1.88. The van der Waals surface area contributed by atoms with E-state index in [4.69, 9.17) is 4.74 Å². The molecule has 0 radical (unpaired) electrons. The van der Waals surface area contributed by atoms with Gasteiger partial charge in [-0.2, -0.15) is 0 Å². The lowest BCUT2D eigenvalue weighted by Gasteiger charge is -2.51. The Labute approximate surface area is 128 Å². The minimum atomic E-state index is -0.730. The van der Waals surface area contributed by atoms with Crippen molar-refractivity contribution in [3.63, 3.8) is 0 Å². The second-order valence-electron chi connectivity index (χ2n) is 7.81. The van der Waals surface area contributed by atoms with Crippen molar-refractivity contribution in [2.75, 3.05) is 6.61 Å². The Morgan fingerprint density at radius 1 is 1.19 bits per heavy atom. The van der Waals surface area contributed by atoms with Gasteiger partial charge < -0.3 is 9.84 Å². The van der Waals surface area contributed by atoms with Gasteiger partial charge in [-0.15, -0.1) is 0 Å². The number of fused-ring (bicyclic) bond motifs is 2. The van der Waals surface area contributed by atoms with Crippen molar-refractivity contribution < 1.29 is 9.84 Å². The smallest absolute Gasteiger partial charge is 0.119 e. The quantitative estimate of drug-likeness (QED) is 0.883. The van der Waals surface area contributed by atoms with Gasteiger partial charge in [-0.05, 0) is 49.3 Å². The Kier molecular flexibility index (Phi) is 3.36. The van der Waals surface area contributed by atoms with E-state index in [1.807, 2.05) is 12.1 Å². The topological polar surface area (TPSA) is 29.5 Å². The fourth-order valence-electron chi connectivity index (χ4n) is 4.99. The van der Waals surface area contributed by atoms with Gasteiger partial charge in [0.05, 0.1) is 6.61 Å². The number of hydrogen-bond donors (Lipinski definition) is 1. The molecule has 0 aromatic heterocycles. The van der Waals surface area contributed by atoms with Gasteiger partial charge in [0.15, 0.2) is 0 Å². The van der Waals surface area contributed by atoms with Crippen LogP contribution in [-0.2, 0) is 5.60 Å². The molecule has 1 N–H and O–H groups in total. The molecule has 2 fully saturated rings. The molecule has 2 saturated carbocycles. The lowest BCUT2D eigenvalue weighted by atomic mass is 9.58. The first-order valence-electron chi connectivity index (χ1n) is 8.31. The average molecular weight is 288 g/mol. The van der Waals surface area contributed by atoms with Crippen LogP contribution in [0.25, 0.3) is 0 Å². The molecule has 116 valence electrons. The average Bonchev–Trinajstić information content (AvgIpc) is 2.94. The Balaban J connectivity index is 1.95. The Morgan fingerprint density at radius 2 is 1.86 bits per heavy atom. The van der Waals surface area contributed by atoms with Crippen LogP contribution in [0.2, 0.25) is 0 Å². The highest BCUT2D eigenvalue weighted by molar-refractivity contribution is 5.37. The summed E-state index contributed by atoms with van der Waals surface area (Å²) in [5.74, 6) is 1.53. The van der Waals surface area contributed by atoms with Gasteiger partial charge >= 0.3 is 0 Å². The summed E-state index contributed by atoms with van der Waals surface area (Å²) in [7, 11) is 0. The molecule has 0 spiro atoms. The van der Waals surface area contributed by atoms with Gasteiger partial charge in [0.1, 0.15) is 11.4 Å². The van der Waals surface area contributed by atoms with Gasteiger partial charge in [-0.1, -0.05) is 39.8 Å². The molecule has 0 heterocycles. The molecule has 21 heavy (non-hydrogen) atoms. The Bertz CT molecular complexity index is 512. The first-order chi connectivity index (χ1) is 9.85. The molecule has 2 aliphatic carbocycles. The molecule has 0 amide bonds. The summed E-state index contributed by atoms with van der Waals surface area (Å²) in [6.07, 6.45) is 4.54. The minimum absolute atomic E-state index is 0.00690. The summed E-state index contributed by atoms with van der Waals surface area (Å²) in [5.41, 5.74) is 0.270. The second kappa shape index (κ2) is 4.74. The second-order valence-corrected chi connectivity index (χ2v) is 7.81. The monoisotopic (exact) mass is 288 g/mol. The van der Waals surface area contributed by atoms with Crippen molar-refractivity contribution in [2.45, 2.75) is 59.0 Å². The molecule has 3 unspecified atom stereocenters. The number of aliphatic hydroxyl groups is 1. The highest BCUT2D eigenvalue weighted by atomic mass is 16.5. The van der Waals surface area contributed by atoms with E-state index in [-0.39, 0.29) is 10.8 Å². The van der Waals surface area contributed by atoms with E-state index >= 15 is 0 Å². The van der Waals surface area contributed by atoms with Gasteiger partial charge in [-0.25, -0.2) is 0 Å². The Hall–Kier alpha value is -1.02. The fourth-order valence-corrected chi connectivity index (χ4v) is 4.99. The number of benzene rings is 1. The molecular weight excluding hydrogens is 260 g/mol. The van der Waals surface area contributed by atoms with Crippen LogP contribution in [0.4, 0.5) is 0 Å². The van der Waals surface area contributed by atoms with E-state index in [0.29, 0.717) is 5.92 Å². The van der Waals surface area contributed by atoms with Crippen LogP contribution in [0.3, 0.4) is 0 Å². The zero-order chi connectivity index (χ0) is 15.3. The molecule has 1 aromatic carbocycles. The summed E-state index contributed by atoms with van der Waals surface area (Å²) in [6.45, 7) is 9.60. The highest BCUT2D eigenvalue weighted by Gasteiger charge is 2.68. The van der Waals surface area contributed by atoms with E-state index in [1.54, 1.807) is 0 Å². The largest absolute Gasteiger partial charge is 0.494 e. The van der Waals surface area contributed by atoms with Crippen molar-refractivity contribution in [3.8, 4) is 5.75 Å². The lowest BCUT2D eigenvalue weighted by Crippen LogP contribution is -2.51. The minimum Gasteiger partial charge on any atom is -0.494 e. The standard InChI is InChI=1S/C19H28O2/c1-5-12-21-16-8-6-14(7-9-16)19(20)17(2,3)15-10-11-18(19,4)13-15/h6-9,15,20H,5,10-13H2,1-4H3. The van der Waals surface area contributed by atoms with Crippen LogP contribution in [0.1, 0.15) is 58.9 Å². The van der Waals surface area contributed by atoms with E-state index in [1.165, 1.54) is 6.42 Å². The third-order valence-electron chi connectivity index (χ3n) is 6.31. The SMILES string of the molecule is CCCOc1ccc(C2(O)C3(C)CCC(C3)C2(C)C)cc1. The van der Waals surface area contributed by atoms with Gasteiger partial charge in [0.25, 0.3) is 0 Å². The predicted octanol–water partition coefficient (Wildman–Crippen LogP) is 4.51. The summed E-state index contributed by atoms with van der Waals surface area (Å²) < 4.78 is 5.66. The number of rotatable bonds is 4. The van der Waals surface area contributed by atoms with Crippen LogP contribution in [0.15, 0.2) is 24.3 Å². The summed E-state index contributed by atoms with van der Waals surface area (Å²) in [5, 5.41) is 11.7. The van der Waals surface area contributed by atoms with E-state index in [0.717, 1.165) is 37.2 Å². The first-order valence-corrected chi connectivity index (χ1v) is 8.31. The first kappa shape index (κ1) is 14.9. The molecule has 0 aliphatic heterocycles. The van der Waals surface area contributed by atoms with Gasteiger partial charge in [0, 0.05) is 10.8 Å². The van der Waals surface area contributed by atoms with Crippen LogP contribution in [0, 0.1) is 16.7 Å². The molecule has 2 bridgehead atoms. The van der Waals surface area contributed by atoms with Crippen LogP contribution in [-0.4, -0.2) is 11.7 Å². The zero-order valence-electron chi connectivity index (χ0n) is 13.8. The van der Waals surface area contributed by atoms with Crippen molar-refractivity contribution in [1.82, 2.24) is 0 Å². The molecular formula is C19H28O2. The van der Waals surface area contributed by atoms with E-state index in [9.17, 15) is 5.11 Å². The van der Waals surface area contributed by atoms with Crippen molar-refractivity contribution >= 4 is 0 Å². The summed E-state index contributed by atoms with van der Waals surface area (Å²) in [6, 6.07) is 8.15.